The molecule has 7 heteroatoms. The van der Waals surface area contributed by atoms with Crippen LogP contribution < -0.4 is 0 Å². The van der Waals surface area contributed by atoms with E-state index in [-0.39, 0.29) is 6.54 Å². The van der Waals surface area contributed by atoms with Crippen LogP contribution in [0.1, 0.15) is 6.42 Å². The minimum Gasteiger partial charge on any atom is -0.480 e. The van der Waals surface area contributed by atoms with Gasteiger partial charge in [0.05, 0.1) is 39.6 Å². The number of hydrogen-bond acceptors (Lipinski definition) is 6. The lowest BCUT2D eigenvalue weighted by Crippen LogP contribution is -2.35. The molecule has 1 N–H and O–H groups in total. The van der Waals surface area contributed by atoms with Crippen molar-refractivity contribution in [1.29, 1.82) is 0 Å². The van der Waals surface area contributed by atoms with Crippen molar-refractivity contribution in [3.05, 3.63) is 0 Å². The van der Waals surface area contributed by atoms with Gasteiger partial charge in [-0.3, -0.25) is 14.6 Å². The summed E-state index contributed by atoms with van der Waals surface area (Å²) in [6.45, 7) is 7.70. The molecule has 0 aliphatic carbocycles. The Hall–Kier alpha value is -0.730. The number of methoxy groups -OCH3 is 1. The second-order valence-corrected chi connectivity index (χ2v) is 5.08. The molecule has 1 aliphatic heterocycles. The van der Waals surface area contributed by atoms with E-state index in [1.54, 1.807) is 7.11 Å². The highest BCUT2D eigenvalue weighted by molar-refractivity contribution is 5.69. The first-order chi connectivity index (χ1) is 10.2. The molecule has 124 valence electrons. The zero-order valence-corrected chi connectivity index (χ0v) is 13.0. The average molecular weight is 304 g/mol. The Labute approximate surface area is 126 Å². The van der Waals surface area contributed by atoms with Gasteiger partial charge in [-0.15, -0.1) is 0 Å². The Kier molecular flexibility index (Phi) is 10.4. The largest absolute Gasteiger partial charge is 0.480 e. The van der Waals surface area contributed by atoms with E-state index in [4.69, 9.17) is 19.3 Å². The Morgan fingerprint density at radius 2 is 1.57 bits per heavy atom. The molecule has 0 aromatic heterocycles. The summed E-state index contributed by atoms with van der Waals surface area (Å²) in [6.07, 6.45) is 1.01. The minimum atomic E-state index is -0.750. The molecule has 21 heavy (non-hydrogen) atoms. The van der Waals surface area contributed by atoms with Gasteiger partial charge in [0.1, 0.15) is 0 Å². The van der Waals surface area contributed by atoms with E-state index in [9.17, 15) is 4.79 Å². The predicted molar refractivity (Wildman–Crippen MR) is 78.6 cm³/mol. The zero-order chi connectivity index (χ0) is 15.3. The van der Waals surface area contributed by atoms with E-state index in [0.29, 0.717) is 33.0 Å². The van der Waals surface area contributed by atoms with E-state index in [1.807, 2.05) is 4.90 Å². The third kappa shape index (κ3) is 9.76. The summed E-state index contributed by atoms with van der Waals surface area (Å²) in [7, 11) is 1.65. The second kappa shape index (κ2) is 11.9. The quantitative estimate of drug-likeness (QED) is 0.528. The number of aliphatic carboxylic acids is 1. The van der Waals surface area contributed by atoms with Crippen molar-refractivity contribution in [2.75, 3.05) is 79.4 Å². The molecule has 0 unspecified atom stereocenters. The third-order valence-electron chi connectivity index (χ3n) is 3.40. The van der Waals surface area contributed by atoms with Gasteiger partial charge in [-0.2, -0.15) is 0 Å². The molecule has 0 aromatic carbocycles. The molecule has 0 radical (unpaired) electrons. The fourth-order valence-corrected chi connectivity index (χ4v) is 2.26. The van der Waals surface area contributed by atoms with Crippen LogP contribution in [-0.2, 0) is 19.0 Å². The molecule has 0 bridgehead atoms. The summed E-state index contributed by atoms with van der Waals surface area (Å²) in [5, 5.41) is 8.81. The standard InChI is InChI=1S/C14H28N2O5/c1-19-9-10-21-12-11-20-8-7-15-3-2-4-16(6-5-15)13-14(17)18/h2-13H2,1H3,(H,17,18). The maximum absolute atomic E-state index is 10.7. The molecule has 1 saturated heterocycles. The lowest BCUT2D eigenvalue weighted by molar-refractivity contribution is -0.138. The summed E-state index contributed by atoms with van der Waals surface area (Å²) in [5.74, 6) is -0.750. The van der Waals surface area contributed by atoms with Crippen molar-refractivity contribution in [2.45, 2.75) is 6.42 Å². The Bertz CT molecular complexity index is 278. The average Bonchev–Trinajstić information content (AvgIpc) is 2.67. The van der Waals surface area contributed by atoms with E-state index in [1.165, 1.54) is 0 Å². The molecule has 1 heterocycles. The molecule has 1 rings (SSSR count). The molecule has 0 atom stereocenters. The van der Waals surface area contributed by atoms with E-state index < -0.39 is 5.97 Å². The molecular weight excluding hydrogens is 276 g/mol. The zero-order valence-electron chi connectivity index (χ0n) is 13.0. The molecule has 0 aromatic rings. The van der Waals surface area contributed by atoms with Gasteiger partial charge in [0.15, 0.2) is 0 Å². The van der Waals surface area contributed by atoms with E-state index >= 15 is 0 Å². The number of carboxylic acids is 1. The summed E-state index contributed by atoms with van der Waals surface area (Å²) in [5.41, 5.74) is 0. The lowest BCUT2D eigenvalue weighted by atomic mass is 10.4. The summed E-state index contributed by atoms with van der Waals surface area (Å²) < 4.78 is 15.7. The minimum absolute atomic E-state index is 0.142. The van der Waals surface area contributed by atoms with Crippen LogP contribution in [0.4, 0.5) is 0 Å². The predicted octanol–water partition coefficient (Wildman–Crippen LogP) is -0.242. The maximum atomic E-state index is 10.7. The number of rotatable bonds is 11. The lowest BCUT2D eigenvalue weighted by Gasteiger charge is -2.20. The van der Waals surface area contributed by atoms with Gasteiger partial charge in [0, 0.05) is 33.3 Å². The highest BCUT2D eigenvalue weighted by atomic mass is 16.5. The number of hydrogen-bond donors (Lipinski definition) is 1. The van der Waals surface area contributed by atoms with E-state index in [0.717, 1.165) is 39.1 Å². The Morgan fingerprint density at radius 3 is 2.29 bits per heavy atom. The number of ether oxygens (including phenoxy) is 3. The molecular formula is C14H28N2O5. The summed E-state index contributed by atoms with van der Waals surface area (Å²) >= 11 is 0. The van der Waals surface area contributed by atoms with Gasteiger partial charge in [-0.25, -0.2) is 0 Å². The molecule has 1 aliphatic rings. The topological polar surface area (TPSA) is 71.5 Å². The van der Waals surface area contributed by atoms with Crippen LogP contribution >= 0.6 is 0 Å². The van der Waals surface area contributed by atoms with Gasteiger partial charge in [-0.1, -0.05) is 0 Å². The van der Waals surface area contributed by atoms with Crippen LogP contribution in [0.2, 0.25) is 0 Å². The molecule has 0 amide bonds. The first-order valence-corrected chi connectivity index (χ1v) is 7.53. The van der Waals surface area contributed by atoms with Gasteiger partial charge < -0.3 is 19.3 Å². The van der Waals surface area contributed by atoms with Gasteiger partial charge >= 0.3 is 5.97 Å². The first-order valence-electron chi connectivity index (χ1n) is 7.53. The molecule has 0 spiro atoms. The fraction of sp³-hybridized carbons (Fsp3) is 0.929. The maximum Gasteiger partial charge on any atom is 0.317 e. The highest BCUT2D eigenvalue weighted by Gasteiger charge is 2.16. The van der Waals surface area contributed by atoms with E-state index in [2.05, 4.69) is 4.90 Å². The van der Waals surface area contributed by atoms with Crippen molar-refractivity contribution in [3.63, 3.8) is 0 Å². The van der Waals surface area contributed by atoms with Crippen LogP contribution in [0.3, 0.4) is 0 Å². The number of nitrogens with zero attached hydrogens (tertiary/aromatic N) is 2. The molecule has 0 saturated carbocycles. The molecule has 7 nitrogen and oxygen atoms in total. The second-order valence-electron chi connectivity index (χ2n) is 5.08. The summed E-state index contributed by atoms with van der Waals surface area (Å²) in [4.78, 5) is 15.0. The van der Waals surface area contributed by atoms with Crippen molar-refractivity contribution in [1.82, 2.24) is 9.80 Å². The Balaban J connectivity index is 1.99. The number of carbonyl (C=O) groups is 1. The Morgan fingerprint density at radius 1 is 0.952 bits per heavy atom. The molecule has 1 fully saturated rings. The monoisotopic (exact) mass is 304 g/mol. The van der Waals surface area contributed by atoms with Crippen molar-refractivity contribution in [3.8, 4) is 0 Å². The third-order valence-corrected chi connectivity index (χ3v) is 3.40. The summed E-state index contributed by atoms with van der Waals surface area (Å²) in [6, 6.07) is 0. The van der Waals surface area contributed by atoms with Crippen LogP contribution in [0, 0.1) is 0 Å². The van der Waals surface area contributed by atoms with Crippen LogP contribution in [0.15, 0.2) is 0 Å². The van der Waals surface area contributed by atoms with Gasteiger partial charge in [0.2, 0.25) is 0 Å². The van der Waals surface area contributed by atoms with Gasteiger partial charge in [0.25, 0.3) is 0 Å². The fourth-order valence-electron chi connectivity index (χ4n) is 2.26. The smallest absolute Gasteiger partial charge is 0.317 e. The highest BCUT2D eigenvalue weighted by Crippen LogP contribution is 2.02. The van der Waals surface area contributed by atoms with Gasteiger partial charge in [-0.05, 0) is 13.0 Å². The van der Waals surface area contributed by atoms with Crippen molar-refractivity contribution >= 4 is 5.97 Å². The first kappa shape index (κ1) is 18.3. The van der Waals surface area contributed by atoms with Crippen molar-refractivity contribution < 1.29 is 24.1 Å². The van der Waals surface area contributed by atoms with Crippen molar-refractivity contribution in [2.24, 2.45) is 0 Å². The SMILES string of the molecule is COCCOCCOCCN1CCCN(CC(=O)O)CC1. The van der Waals surface area contributed by atoms with Crippen LogP contribution in [-0.4, -0.2) is 100 Å². The van der Waals surface area contributed by atoms with Crippen LogP contribution in [0.25, 0.3) is 0 Å². The van der Waals surface area contributed by atoms with Crippen LogP contribution in [0.5, 0.6) is 0 Å². The normalized spacial score (nSPS) is 17.8. The number of carboxylic acid groups (broad SMARTS) is 1.